The minimum Gasteiger partial charge on any atom is -0.313 e. The minimum absolute atomic E-state index is 0.362. The Labute approximate surface area is 129 Å². The molecule has 2 aromatic carbocycles. The van der Waals surface area contributed by atoms with Gasteiger partial charge in [-0.2, -0.15) is 0 Å². The van der Waals surface area contributed by atoms with Gasteiger partial charge in [-0.1, -0.05) is 53.5 Å². The van der Waals surface area contributed by atoms with Crippen molar-refractivity contribution in [3.05, 3.63) is 69.2 Å². The van der Waals surface area contributed by atoms with Gasteiger partial charge in [0.15, 0.2) is 0 Å². The van der Waals surface area contributed by atoms with Crippen LogP contribution in [0.25, 0.3) is 0 Å². The van der Waals surface area contributed by atoms with E-state index in [1.807, 2.05) is 19.2 Å². The van der Waals surface area contributed by atoms with E-state index in [0.717, 1.165) is 17.9 Å². The molecule has 0 aromatic heterocycles. The molecule has 3 heteroatoms. The lowest BCUT2D eigenvalue weighted by atomic mass is 9.77. The zero-order valence-corrected chi connectivity index (χ0v) is 12.9. The Kier molecular flexibility index (Phi) is 4.02. The lowest BCUT2D eigenvalue weighted by molar-refractivity contribution is 0.471. The number of fused-ring (bicyclic) bond motifs is 1. The zero-order chi connectivity index (χ0) is 14.1. The van der Waals surface area contributed by atoms with Gasteiger partial charge < -0.3 is 5.32 Å². The van der Waals surface area contributed by atoms with Crippen LogP contribution in [0.5, 0.6) is 0 Å². The largest absolute Gasteiger partial charge is 0.313 e. The third-order valence-corrected chi connectivity index (χ3v) is 4.74. The molecule has 0 bridgehead atoms. The summed E-state index contributed by atoms with van der Waals surface area (Å²) >= 11 is 12.4. The second-order valence-corrected chi connectivity index (χ2v) is 6.11. The molecule has 1 nitrogen and oxygen atoms in total. The Bertz CT molecular complexity index is 624. The maximum atomic E-state index is 6.40. The monoisotopic (exact) mass is 305 g/mol. The highest BCUT2D eigenvalue weighted by atomic mass is 35.5. The Balaban J connectivity index is 2.07. The normalized spacial score (nSPS) is 21.6. The summed E-state index contributed by atoms with van der Waals surface area (Å²) in [5.74, 6) is 0.362. The van der Waals surface area contributed by atoms with Gasteiger partial charge in [0.25, 0.3) is 0 Å². The maximum Gasteiger partial charge on any atom is 0.0459 e. The molecular weight excluding hydrogens is 289 g/mol. The fraction of sp³-hybridized carbons (Fsp3) is 0.294. The molecule has 1 aliphatic rings. The van der Waals surface area contributed by atoms with Gasteiger partial charge in [0.2, 0.25) is 0 Å². The van der Waals surface area contributed by atoms with Crippen LogP contribution in [0.3, 0.4) is 0 Å². The first kappa shape index (κ1) is 13.9. The van der Waals surface area contributed by atoms with E-state index >= 15 is 0 Å². The van der Waals surface area contributed by atoms with Gasteiger partial charge in [0.05, 0.1) is 0 Å². The number of rotatable bonds is 2. The fourth-order valence-corrected chi connectivity index (χ4v) is 3.74. The molecule has 1 N–H and O–H groups in total. The number of halogens is 2. The molecule has 0 heterocycles. The summed E-state index contributed by atoms with van der Waals surface area (Å²) in [5, 5.41) is 4.86. The van der Waals surface area contributed by atoms with Crippen LogP contribution in [-0.4, -0.2) is 7.05 Å². The summed E-state index contributed by atoms with van der Waals surface area (Å²) in [6.45, 7) is 0. The van der Waals surface area contributed by atoms with E-state index in [0.29, 0.717) is 17.0 Å². The van der Waals surface area contributed by atoms with Crippen LogP contribution in [0.2, 0.25) is 10.0 Å². The van der Waals surface area contributed by atoms with Gasteiger partial charge in [-0.05, 0) is 48.7 Å². The topological polar surface area (TPSA) is 12.0 Å². The van der Waals surface area contributed by atoms with E-state index in [-0.39, 0.29) is 0 Å². The van der Waals surface area contributed by atoms with Gasteiger partial charge in [0, 0.05) is 22.0 Å². The Morgan fingerprint density at radius 2 is 1.70 bits per heavy atom. The van der Waals surface area contributed by atoms with Crippen LogP contribution in [-0.2, 0) is 0 Å². The maximum absolute atomic E-state index is 6.40. The quantitative estimate of drug-likeness (QED) is 0.806. The smallest absolute Gasteiger partial charge is 0.0459 e. The van der Waals surface area contributed by atoms with E-state index in [1.165, 1.54) is 16.7 Å². The third kappa shape index (κ3) is 2.46. The third-order valence-electron chi connectivity index (χ3n) is 4.18. The zero-order valence-electron chi connectivity index (χ0n) is 11.4. The SMILES string of the molecule is CN[C@@H]1CC[C@H](c2ccc(Cl)cc2Cl)c2ccccc21. The van der Waals surface area contributed by atoms with E-state index in [2.05, 4.69) is 35.6 Å². The molecule has 104 valence electrons. The van der Waals surface area contributed by atoms with E-state index in [1.54, 1.807) is 0 Å². The Morgan fingerprint density at radius 1 is 0.950 bits per heavy atom. The molecule has 0 unspecified atom stereocenters. The summed E-state index contributed by atoms with van der Waals surface area (Å²) < 4.78 is 0. The van der Waals surface area contributed by atoms with Crippen LogP contribution < -0.4 is 5.32 Å². The average Bonchev–Trinajstić information content (AvgIpc) is 2.47. The van der Waals surface area contributed by atoms with Gasteiger partial charge in [0.1, 0.15) is 0 Å². The van der Waals surface area contributed by atoms with Gasteiger partial charge in [-0.3, -0.25) is 0 Å². The molecule has 0 amide bonds. The van der Waals surface area contributed by atoms with Crippen LogP contribution in [0.15, 0.2) is 42.5 Å². The highest BCUT2D eigenvalue weighted by molar-refractivity contribution is 6.35. The predicted molar refractivity (Wildman–Crippen MR) is 85.8 cm³/mol. The van der Waals surface area contributed by atoms with Crippen molar-refractivity contribution < 1.29 is 0 Å². The van der Waals surface area contributed by atoms with Crippen molar-refractivity contribution in [3.63, 3.8) is 0 Å². The molecule has 20 heavy (non-hydrogen) atoms. The van der Waals surface area contributed by atoms with Gasteiger partial charge >= 0.3 is 0 Å². The number of hydrogen-bond acceptors (Lipinski definition) is 1. The molecule has 0 saturated heterocycles. The second kappa shape index (κ2) is 5.77. The lowest BCUT2D eigenvalue weighted by Crippen LogP contribution is -2.24. The Morgan fingerprint density at radius 3 is 2.40 bits per heavy atom. The van der Waals surface area contributed by atoms with Crippen LogP contribution in [0, 0.1) is 0 Å². The van der Waals surface area contributed by atoms with Crippen molar-refractivity contribution in [1.29, 1.82) is 0 Å². The van der Waals surface area contributed by atoms with Crippen molar-refractivity contribution in [3.8, 4) is 0 Å². The molecule has 1 aliphatic carbocycles. The van der Waals surface area contributed by atoms with Crippen LogP contribution in [0.4, 0.5) is 0 Å². The first-order valence-corrected chi connectivity index (χ1v) is 7.67. The molecule has 0 radical (unpaired) electrons. The summed E-state index contributed by atoms with van der Waals surface area (Å²) in [4.78, 5) is 0. The highest BCUT2D eigenvalue weighted by Gasteiger charge is 2.28. The lowest BCUT2D eigenvalue weighted by Gasteiger charge is -2.32. The molecular formula is C17H17Cl2N. The van der Waals surface area contributed by atoms with E-state index in [4.69, 9.17) is 23.2 Å². The highest BCUT2D eigenvalue weighted by Crippen LogP contribution is 2.43. The van der Waals surface area contributed by atoms with Crippen molar-refractivity contribution in [1.82, 2.24) is 5.32 Å². The van der Waals surface area contributed by atoms with Crippen molar-refractivity contribution >= 4 is 23.2 Å². The standard InChI is InChI=1S/C17H17Cl2N/c1-20-17-9-8-13(12-4-2-3-5-15(12)17)14-7-6-11(18)10-16(14)19/h2-7,10,13,17,20H,8-9H2,1H3/t13-,17+/m0/s1. The molecule has 0 saturated carbocycles. The number of benzene rings is 2. The van der Waals surface area contributed by atoms with E-state index in [9.17, 15) is 0 Å². The molecule has 0 spiro atoms. The van der Waals surface area contributed by atoms with Crippen molar-refractivity contribution in [2.45, 2.75) is 24.8 Å². The molecule has 0 aliphatic heterocycles. The summed E-state index contributed by atoms with van der Waals surface area (Å²) in [6, 6.07) is 14.9. The van der Waals surface area contributed by atoms with Gasteiger partial charge in [-0.15, -0.1) is 0 Å². The average molecular weight is 306 g/mol. The predicted octanol–water partition coefficient (Wildman–Crippen LogP) is 5.18. The van der Waals surface area contributed by atoms with Gasteiger partial charge in [-0.25, -0.2) is 0 Å². The molecule has 0 fully saturated rings. The minimum atomic E-state index is 0.362. The number of hydrogen-bond donors (Lipinski definition) is 1. The number of nitrogens with one attached hydrogen (secondary N) is 1. The summed E-state index contributed by atoms with van der Waals surface area (Å²) in [6.07, 6.45) is 2.22. The fourth-order valence-electron chi connectivity index (χ4n) is 3.20. The summed E-state index contributed by atoms with van der Waals surface area (Å²) in [7, 11) is 2.02. The molecule has 2 atom stereocenters. The molecule has 3 rings (SSSR count). The first-order chi connectivity index (χ1) is 9.70. The summed E-state index contributed by atoms with van der Waals surface area (Å²) in [5.41, 5.74) is 3.94. The molecule has 2 aromatic rings. The van der Waals surface area contributed by atoms with Crippen molar-refractivity contribution in [2.75, 3.05) is 7.05 Å². The Hall–Kier alpha value is -1.02. The second-order valence-electron chi connectivity index (χ2n) is 5.27. The van der Waals surface area contributed by atoms with Crippen LogP contribution in [0.1, 0.15) is 41.5 Å². The van der Waals surface area contributed by atoms with Crippen molar-refractivity contribution in [2.24, 2.45) is 0 Å². The van der Waals surface area contributed by atoms with E-state index < -0.39 is 0 Å². The first-order valence-electron chi connectivity index (χ1n) is 6.91. The van der Waals surface area contributed by atoms with Crippen LogP contribution >= 0.6 is 23.2 Å².